The summed E-state index contributed by atoms with van der Waals surface area (Å²) >= 11 is 1.50. The lowest BCUT2D eigenvalue weighted by Crippen LogP contribution is -2.44. The van der Waals surface area contributed by atoms with Gasteiger partial charge in [-0.15, -0.1) is 35.3 Å². The number of aliphatic hydroxyl groups is 1. The maximum atomic E-state index is 14.4. The second-order valence-corrected chi connectivity index (χ2v) is 7.80. The van der Waals surface area contributed by atoms with E-state index >= 15 is 0 Å². The van der Waals surface area contributed by atoms with Gasteiger partial charge in [-0.1, -0.05) is 12.1 Å². The van der Waals surface area contributed by atoms with Crippen LogP contribution in [-0.4, -0.2) is 29.1 Å². The fourth-order valence-electron chi connectivity index (χ4n) is 2.70. The van der Waals surface area contributed by atoms with Gasteiger partial charge in [-0.05, 0) is 55.1 Å². The number of pyridine rings is 1. The summed E-state index contributed by atoms with van der Waals surface area (Å²) in [5, 5.41) is 18.9. The fraction of sp³-hybridized carbons (Fsp3) is 0.273. The van der Waals surface area contributed by atoms with E-state index in [-0.39, 0.29) is 36.3 Å². The third-order valence-electron chi connectivity index (χ3n) is 4.27. The molecule has 31 heavy (non-hydrogen) atoms. The zero-order valence-electron chi connectivity index (χ0n) is 17.3. The number of thiophene rings is 1. The second-order valence-electron chi connectivity index (χ2n) is 6.86. The number of hydrogen-bond donors (Lipinski definition) is 3. The van der Waals surface area contributed by atoms with Gasteiger partial charge in [0.2, 0.25) is 0 Å². The number of guanidine groups is 1. The van der Waals surface area contributed by atoms with Crippen molar-refractivity contribution >= 4 is 41.3 Å². The first-order valence-electron chi connectivity index (χ1n) is 9.63. The Morgan fingerprint density at radius 3 is 2.74 bits per heavy atom. The number of hydrogen-bond acceptors (Lipinski definition) is 5. The molecule has 6 nitrogen and oxygen atoms in total. The van der Waals surface area contributed by atoms with Crippen LogP contribution >= 0.6 is 35.3 Å². The average Bonchev–Trinajstić information content (AvgIpc) is 3.29. The van der Waals surface area contributed by atoms with Crippen LogP contribution in [0.4, 0.5) is 4.39 Å². The van der Waals surface area contributed by atoms with E-state index in [2.05, 4.69) is 20.6 Å². The number of aliphatic imine (C=N–C) groups is 1. The molecule has 3 aromatic rings. The van der Waals surface area contributed by atoms with Gasteiger partial charge in [0, 0.05) is 17.6 Å². The molecular weight excluding hydrogens is 530 g/mol. The lowest BCUT2D eigenvalue weighted by atomic mass is 10.1. The molecule has 1 atom stereocenters. The number of nitrogens with zero attached hydrogens (tertiary/aromatic N) is 2. The van der Waals surface area contributed by atoms with Gasteiger partial charge in [0.25, 0.3) is 0 Å². The molecule has 2 aromatic heterocycles. The van der Waals surface area contributed by atoms with E-state index in [1.807, 2.05) is 24.4 Å². The van der Waals surface area contributed by atoms with E-state index in [0.717, 1.165) is 4.88 Å². The SMILES string of the molecule is CCNC(=NCc1ccc(Oc2cccnc2)c(F)c1)NCC(C)(O)c1cccs1.I. The molecule has 166 valence electrons. The molecule has 0 bridgehead atoms. The summed E-state index contributed by atoms with van der Waals surface area (Å²) in [6, 6.07) is 12.0. The van der Waals surface area contributed by atoms with Gasteiger partial charge in [0.15, 0.2) is 17.5 Å². The molecule has 0 spiro atoms. The quantitative estimate of drug-likeness (QED) is 0.214. The monoisotopic (exact) mass is 556 g/mol. The molecule has 0 radical (unpaired) electrons. The van der Waals surface area contributed by atoms with E-state index in [4.69, 9.17) is 4.74 Å². The molecule has 0 aliphatic carbocycles. The van der Waals surface area contributed by atoms with E-state index in [1.165, 1.54) is 23.6 Å². The maximum absolute atomic E-state index is 14.4. The first kappa shape index (κ1) is 25.0. The van der Waals surface area contributed by atoms with Gasteiger partial charge < -0.3 is 20.5 Å². The Bertz CT molecular complexity index is 969. The highest BCUT2D eigenvalue weighted by molar-refractivity contribution is 14.0. The zero-order valence-corrected chi connectivity index (χ0v) is 20.5. The van der Waals surface area contributed by atoms with Crippen LogP contribution in [-0.2, 0) is 12.1 Å². The van der Waals surface area contributed by atoms with Crippen LogP contribution in [0.15, 0.2) is 65.2 Å². The molecule has 9 heteroatoms. The molecule has 0 saturated heterocycles. The van der Waals surface area contributed by atoms with Crippen molar-refractivity contribution in [3.8, 4) is 11.5 Å². The van der Waals surface area contributed by atoms with Crippen LogP contribution in [0.3, 0.4) is 0 Å². The van der Waals surface area contributed by atoms with Crippen molar-refractivity contribution < 1.29 is 14.2 Å². The van der Waals surface area contributed by atoms with Crippen molar-refractivity contribution in [2.45, 2.75) is 26.0 Å². The number of aromatic nitrogens is 1. The molecule has 0 saturated carbocycles. The van der Waals surface area contributed by atoms with Crippen LogP contribution in [0.5, 0.6) is 11.5 Å². The van der Waals surface area contributed by atoms with Crippen LogP contribution in [0, 0.1) is 5.82 Å². The van der Waals surface area contributed by atoms with Gasteiger partial charge in [0.1, 0.15) is 11.4 Å². The third-order valence-corrected chi connectivity index (χ3v) is 5.40. The highest BCUT2D eigenvalue weighted by Gasteiger charge is 2.24. The standard InChI is InChI=1S/C22H25FN4O2S.HI/c1-3-25-21(27-15-22(2,28)20-7-5-11-30-20)26-13-16-8-9-19(18(23)12-16)29-17-6-4-10-24-14-17;/h4-12,14,28H,3,13,15H2,1-2H3,(H2,25,26,27);1H. The summed E-state index contributed by atoms with van der Waals surface area (Å²) in [7, 11) is 0. The van der Waals surface area contributed by atoms with Crippen molar-refractivity contribution in [1.29, 1.82) is 0 Å². The Kier molecular flexibility index (Phi) is 9.66. The first-order valence-corrected chi connectivity index (χ1v) is 10.5. The zero-order chi connectivity index (χ0) is 21.4. The second kappa shape index (κ2) is 12.0. The summed E-state index contributed by atoms with van der Waals surface area (Å²) in [4.78, 5) is 9.31. The van der Waals surface area contributed by atoms with Crippen molar-refractivity contribution in [2.75, 3.05) is 13.1 Å². The van der Waals surface area contributed by atoms with E-state index < -0.39 is 11.4 Å². The van der Waals surface area contributed by atoms with Crippen LogP contribution in [0.1, 0.15) is 24.3 Å². The van der Waals surface area contributed by atoms with E-state index in [0.29, 0.717) is 30.4 Å². The first-order chi connectivity index (χ1) is 14.5. The molecule has 3 N–H and O–H groups in total. The number of ether oxygens (including phenoxy) is 1. The Labute approximate surface area is 202 Å². The molecule has 0 aliphatic rings. The van der Waals surface area contributed by atoms with Gasteiger partial charge in [-0.3, -0.25) is 4.98 Å². The predicted octanol–water partition coefficient (Wildman–Crippen LogP) is 4.66. The Hall–Kier alpha value is -2.24. The minimum absolute atomic E-state index is 0. The summed E-state index contributed by atoms with van der Waals surface area (Å²) < 4.78 is 19.9. The molecular formula is C22H26FIN4O2S. The Morgan fingerprint density at radius 1 is 1.26 bits per heavy atom. The smallest absolute Gasteiger partial charge is 0.191 e. The summed E-state index contributed by atoms with van der Waals surface area (Å²) in [5.41, 5.74) is -0.310. The number of nitrogens with one attached hydrogen (secondary N) is 2. The topological polar surface area (TPSA) is 78.8 Å². The summed E-state index contributed by atoms with van der Waals surface area (Å²) in [6.45, 7) is 4.95. The van der Waals surface area contributed by atoms with Gasteiger partial charge >= 0.3 is 0 Å². The highest BCUT2D eigenvalue weighted by atomic mass is 127. The van der Waals surface area contributed by atoms with Crippen LogP contribution < -0.4 is 15.4 Å². The van der Waals surface area contributed by atoms with Crippen molar-refractivity contribution in [3.05, 3.63) is 76.5 Å². The summed E-state index contributed by atoms with van der Waals surface area (Å²) in [6.07, 6.45) is 3.15. The fourth-order valence-corrected chi connectivity index (χ4v) is 3.49. The molecule has 1 unspecified atom stereocenters. The average molecular weight is 556 g/mol. The predicted molar refractivity (Wildman–Crippen MR) is 133 cm³/mol. The number of benzene rings is 1. The van der Waals surface area contributed by atoms with Crippen LogP contribution in [0.25, 0.3) is 0 Å². The lowest BCUT2D eigenvalue weighted by molar-refractivity contribution is 0.0655. The maximum Gasteiger partial charge on any atom is 0.191 e. The molecule has 0 aliphatic heterocycles. The minimum Gasteiger partial charge on any atom is -0.453 e. The molecule has 0 fully saturated rings. The highest BCUT2D eigenvalue weighted by Crippen LogP contribution is 2.25. The molecule has 3 rings (SSSR count). The van der Waals surface area contributed by atoms with Crippen molar-refractivity contribution in [3.63, 3.8) is 0 Å². The Morgan fingerprint density at radius 2 is 2.10 bits per heavy atom. The van der Waals surface area contributed by atoms with Gasteiger partial charge in [-0.25, -0.2) is 9.38 Å². The summed E-state index contributed by atoms with van der Waals surface area (Å²) in [5.74, 6) is 0.682. The molecule has 2 heterocycles. The minimum atomic E-state index is -1.01. The van der Waals surface area contributed by atoms with Gasteiger partial charge in [0.05, 0.1) is 19.3 Å². The van der Waals surface area contributed by atoms with Crippen molar-refractivity contribution in [2.24, 2.45) is 4.99 Å². The van der Waals surface area contributed by atoms with Crippen LogP contribution in [0.2, 0.25) is 0 Å². The largest absolute Gasteiger partial charge is 0.453 e. The molecule has 0 amide bonds. The number of rotatable bonds is 8. The van der Waals surface area contributed by atoms with E-state index in [1.54, 1.807) is 37.4 Å². The molecule has 1 aromatic carbocycles. The van der Waals surface area contributed by atoms with Gasteiger partial charge in [-0.2, -0.15) is 0 Å². The Balaban J connectivity index is 0.00000341. The van der Waals surface area contributed by atoms with Crippen molar-refractivity contribution in [1.82, 2.24) is 15.6 Å². The number of halogens is 2. The van der Waals surface area contributed by atoms with E-state index in [9.17, 15) is 9.50 Å². The third kappa shape index (κ3) is 7.44. The lowest BCUT2D eigenvalue weighted by Gasteiger charge is -2.23. The normalized spacial score (nSPS) is 13.1.